The highest BCUT2D eigenvalue weighted by molar-refractivity contribution is 5.25. The van der Waals surface area contributed by atoms with Crippen LogP contribution >= 0.6 is 0 Å². The van der Waals surface area contributed by atoms with Crippen molar-refractivity contribution in [2.45, 2.75) is 20.0 Å². The molecule has 0 saturated carbocycles. The van der Waals surface area contributed by atoms with E-state index in [1.807, 2.05) is 48.5 Å². The van der Waals surface area contributed by atoms with Gasteiger partial charge in [-0.2, -0.15) is 5.06 Å². The maximum absolute atomic E-state index is 9.91. The molecule has 0 bridgehead atoms. The van der Waals surface area contributed by atoms with Gasteiger partial charge in [0.05, 0.1) is 0 Å². The van der Waals surface area contributed by atoms with Crippen molar-refractivity contribution in [3.63, 3.8) is 0 Å². The lowest BCUT2D eigenvalue weighted by Gasteiger charge is -2.16. The van der Waals surface area contributed by atoms with Gasteiger partial charge in [-0.05, 0) is 23.6 Å². The van der Waals surface area contributed by atoms with Crippen molar-refractivity contribution in [2.75, 3.05) is 0 Å². The first-order chi connectivity index (χ1) is 8.25. The predicted octanol–water partition coefficient (Wildman–Crippen LogP) is 3.39. The van der Waals surface area contributed by atoms with E-state index >= 15 is 0 Å². The molecule has 0 heterocycles. The summed E-state index contributed by atoms with van der Waals surface area (Å²) in [7, 11) is 0. The average molecular weight is 227 g/mol. The molecule has 2 aromatic carbocycles. The summed E-state index contributed by atoms with van der Waals surface area (Å²) < 4.78 is 0. The Bertz CT molecular complexity index is 467. The van der Waals surface area contributed by atoms with E-state index in [9.17, 15) is 5.21 Å². The Labute approximate surface area is 102 Å². The third-order valence-electron chi connectivity index (χ3n) is 2.82. The minimum atomic E-state index is 0.551. The van der Waals surface area contributed by atoms with Crippen LogP contribution in [0.15, 0.2) is 54.6 Å². The van der Waals surface area contributed by atoms with Gasteiger partial charge in [0.25, 0.3) is 0 Å². The molecule has 0 fully saturated rings. The summed E-state index contributed by atoms with van der Waals surface area (Å²) in [6.45, 7) is 3.17. The molecule has 0 aliphatic rings. The Kier molecular flexibility index (Phi) is 3.91. The second-order valence-corrected chi connectivity index (χ2v) is 4.23. The van der Waals surface area contributed by atoms with Crippen LogP contribution in [-0.2, 0) is 13.1 Å². The van der Waals surface area contributed by atoms with Crippen molar-refractivity contribution >= 4 is 0 Å². The molecule has 88 valence electrons. The lowest BCUT2D eigenvalue weighted by Crippen LogP contribution is -2.18. The van der Waals surface area contributed by atoms with E-state index < -0.39 is 0 Å². The fraction of sp³-hybridized carbons (Fsp3) is 0.200. The zero-order valence-electron chi connectivity index (χ0n) is 10.0. The lowest BCUT2D eigenvalue weighted by atomic mass is 10.1. The quantitative estimate of drug-likeness (QED) is 0.809. The molecule has 0 unspecified atom stereocenters. The molecule has 0 atom stereocenters. The Morgan fingerprint density at radius 2 is 1.53 bits per heavy atom. The maximum atomic E-state index is 9.91. The number of nitrogens with zero attached hydrogens (tertiary/aromatic N) is 1. The summed E-state index contributed by atoms with van der Waals surface area (Å²) in [6, 6.07) is 18.1. The predicted molar refractivity (Wildman–Crippen MR) is 68.7 cm³/mol. The molecule has 0 amide bonds. The van der Waals surface area contributed by atoms with E-state index in [1.165, 1.54) is 10.6 Å². The maximum Gasteiger partial charge on any atom is 0.0495 e. The van der Waals surface area contributed by atoms with E-state index in [2.05, 4.69) is 13.0 Å². The van der Waals surface area contributed by atoms with Crippen molar-refractivity contribution in [2.24, 2.45) is 0 Å². The highest BCUT2D eigenvalue weighted by atomic mass is 16.5. The first kappa shape index (κ1) is 11.8. The van der Waals surface area contributed by atoms with Gasteiger partial charge in [-0.1, -0.05) is 54.6 Å². The summed E-state index contributed by atoms with van der Waals surface area (Å²) in [5, 5.41) is 11.3. The molecule has 2 aromatic rings. The molecule has 2 rings (SSSR count). The van der Waals surface area contributed by atoms with E-state index in [0.717, 1.165) is 11.1 Å². The second kappa shape index (κ2) is 5.62. The molecular formula is C15H17NO. The third kappa shape index (κ3) is 3.41. The van der Waals surface area contributed by atoms with Crippen LogP contribution in [0.3, 0.4) is 0 Å². The van der Waals surface area contributed by atoms with Crippen LogP contribution < -0.4 is 0 Å². The van der Waals surface area contributed by atoms with E-state index in [1.54, 1.807) is 0 Å². The van der Waals surface area contributed by atoms with Crippen molar-refractivity contribution in [1.29, 1.82) is 0 Å². The minimum absolute atomic E-state index is 0.551. The highest BCUT2D eigenvalue weighted by Gasteiger charge is 2.04. The standard InChI is InChI=1S/C15H17NO/c1-13-7-5-6-10-15(13)12-16(17)11-14-8-3-2-4-9-14/h2-10,17H,11-12H2,1H3. The molecule has 0 aliphatic carbocycles. The summed E-state index contributed by atoms with van der Waals surface area (Å²) in [4.78, 5) is 0. The Morgan fingerprint density at radius 3 is 2.24 bits per heavy atom. The van der Waals surface area contributed by atoms with Gasteiger partial charge in [-0.3, -0.25) is 0 Å². The van der Waals surface area contributed by atoms with Gasteiger partial charge >= 0.3 is 0 Å². The first-order valence-electron chi connectivity index (χ1n) is 5.78. The topological polar surface area (TPSA) is 23.5 Å². The molecule has 0 radical (unpaired) electrons. The molecule has 1 N–H and O–H groups in total. The van der Waals surface area contributed by atoms with Gasteiger partial charge in [-0.15, -0.1) is 0 Å². The van der Waals surface area contributed by atoms with Gasteiger partial charge in [0.2, 0.25) is 0 Å². The molecule has 0 aliphatic heterocycles. The van der Waals surface area contributed by atoms with Crippen LogP contribution in [0.5, 0.6) is 0 Å². The Morgan fingerprint density at radius 1 is 0.882 bits per heavy atom. The zero-order valence-corrected chi connectivity index (χ0v) is 10.0. The van der Waals surface area contributed by atoms with Crippen LogP contribution in [0, 0.1) is 6.92 Å². The first-order valence-corrected chi connectivity index (χ1v) is 5.78. The van der Waals surface area contributed by atoms with Crippen molar-refractivity contribution in [3.05, 3.63) is 71.3 Å². The molecule has 0 spiro atoms. The average Bonchev–Trinajstić information content (AvgIpc) is 2.33. The molecule has 0 saturated heterocycles. The van der Waals surface area contributed by atoms with Crippen molar-refractivity contribution < 1.29 is 5.21 Å². The number of rotatable bonds is 4. The summed E-state index contributed by atoms with van der Waals surface area (Å²) in [5.74, 6) is 0. The summed E-state index contributed by atoms with van der Waals surface area (Å²) in [6.07, 6.45) is 0. The molecule has 17 heavy (non-hydrogen) atoms. The molecule has 0 aromatic heterocycles. The van der Waals surface area contributed by atoms with Crippen LogP contribution in [0.1, 0.15) is 16.7 Å². The van der Waals surface area contributed by atoms with Gasteiger partial charge in [0.15, 0.2) is 0 Å². The third-order valence-corrected chi connectivity index (χ3v) is 2.82. The normalized spacial score (nSPS) is 10.8. The highest BCUT2D eigenvalue weighted by Crippen LogP contribution is 2.11. The number of hydroxylamine groups is 2. The Balaban J connectivity index is 1.98. The largest absolute Gasteiger partial charge is 0.313 e. The zero-order chi connectivity index (χ0) is 12.1. The number of hydrogen-bond acceptors (Lipinski definition) is 2. The minimum Gasteiger partial charge on any atom is -0.313 e. The van der Waals surface area contributed by atoms with Crippen LogP contribution in [0.4, 0.5) is 0 Å². The van der Waals surface area contributed by atoms with Crippen molar-refractivity contribution in [3.8, 4) is 0 Å². The lowest BCUT2D eigenvalue weighted by molar-refractivity contribution is -0.108. The Hall–Kier alpha value is -1.64. The van der Waals surface area contributed by atoms with Gasteiger partial charge < -0.3 is 5.21 Å². The monoisotopic (exact) mass is 227 g/mol. The summed E-state index contributed by atoms with van der Waals surface area (Å²) in [5.41, 5.74) is 3.48. The molecular weight excluding hydrogens is 210 g/mol. The number of aryl methyl sites for hydroxylation is 1. The van der Waals surface area contributed by atoms with Crippen LogP contribution in [0.2, 0.25) is 0 Å². The summed E-state index contributed by atoms with van der Waals surface area (Å²) >= 11 is 0. The van der Waals surface area contributed by atoms with Gasteiger partial charge in [-0.25, -0.2) is 0 Å². The fourth-order valence-corrected chi connectivity index (χ4v) is 1.83. The smallest absolute Gasteiger partial charge is 0.0495 e. The number of benzene rings is 2. The van der Waals surface area contributed by atoms with E-state index in [4.69, 9.17) is 0 Å². The SMILES string of the molecule is Cc1ccccc1CN(O)Cc1ccccc1. The second-order valence-electron chi connectivity index (χ2n) is 4.23. The molecule has 2 heteroatoms. The molecule has 2 nitrogen and oxygen atoms in total. The fourth-order valence-electron chi connectivity index (χ4n) is 1.83. The van der Waals surface area contributed by atoms with E-state index in [-0.39, 0.29) is 0 Å². The van der Waals surface area contributed by atoms with Gasteiger partial charge in [0, 0.05) is 13.1 Å². The number of hydrogen-bond donors (Lipinski definition) is 1. The van der Waals surface area contributed by atoms with Gasteiger partial charge in [0.1, 0.15) is 0 Å². The van der Waals surface area contributed by atoms with E-state index in [0.29, 0.717) is 13.1 Å². The van der Waals surface area contributed by atoms with Crippen molar-refractivity contribution in [1.82, 2.24) is 5.06 Å². The van der Waals surface area contributed by atoms with Crippen LogP contribution in [-0.4, -0.2) is 10.3 Å². The van der Waals surface area contributed by atoms with Crippen LogP contribution in [0.25, 0.3) is 0 Å².